The average Bonchev–Trinajstić information content (AvgIpc) is 3.53. The van der Waals surface area contributed by atoms with Crippen LogP contribution >= 0.6 is 22.7 Å². The van der Waals surface area contributed by atoms with Gasteiger partial charge in [0.1, 0.15) is 11.4 Å². The van der Waals surface area contributed by atoms with Crippen molar-refractivity contribution in [2.24, 2.45) is 0 Å². The van der Waals surface area contributed by atoms with Crippen LogP contribution in [0, 0.1) is 0 Å². The molecule has 192 valence electrons. The quantitative estimate of drug-likeness (QED) is 0.286. The minimum Gasteiger partial charge on any atom is -0.462 e. The molecule has 0 saturated carbocycles. The highest BCUT2D eigenvalue weighted by molar-refractivity contribution is 7.22. The number of carbonyl (C=O) groups excluding carboxylic acids is 2. The number of amides is 1. The minimum absolute atomic E-state index is 0.189. The molecule has 0 radical (unpaired) electrons. The Labute approximate surface area is 225 Å². The lowest BCUT2D eigenvalue weighted by molar-refractivity contribution is -0.116. The predicted octanol–water partition coefficient (Wildman–Crippen LogP) is 5.43. The van der Waals surface area contributed by atoms with Crippen molar-refractivity contribution in [3.63, 3.8) is 0 Å². The zero-order valence-electron chi connectivity index (χ0n) is 20.7. The predicted molar refractivity (Wildman–Crippen MR) is 150 cm³/mol. The van der Waals surface area contributed by atoms with Crippen LogP contribution in [-0.4, -0.2) is 33.0 Å². The maximum atomic E-state index is 13.4. The third-order valence-electron chi connectivity index (χ3n) is 6.68. The molecule has 2 aromatic carbocycles. The molecule has 8 nitrogen and oxygen atoms in total. The first-order valence-corrected chi connectivity index (χ1v) is 14.2. The molecule has 10 heteroatoms. The van der Waals surface area contributed by atoms with Gasteiger partial charge in [0.05, 0.1) is 34.1 Å². The summed E-state index contributed by atoms with van der Waals surface area (Å²) in [5.74, 6) is -0.790. The Morgan fingerprint density at radius 1 is 1.11 bits per heavy atom. The topological polar surface area (TPSA) is 103 Å². The molecule has 0 atom stereocenters. The van der Waals surface area contributed by atoms with Gasteiger partial charge in [0.2, 0.25) is 5.91 Å². The lowest BCUT2D eigenvalue weighted by Crippen LogP contribution is -2.27. The van der Waals surface area contributed by atoms with Crippen molar-refractivity contribution in [3.8, 4) is 11.1 Å². The summed E-state index contributed by atoms with van der Waals surface area (Å²) in [7, 11) is 0. The first-order valence-electron chi connectivity index (χ1n) is 12.5. The van der Waals surface area contributed by atoms with E-state index in [0.29, 0.717) is 33.0 Å². The van der Waals surface area contributed by atoms with Gasteiger partial charge in [-0.15, -0.1) is 11.3 Å². The monoisotopic (exact) mass is 544 g/mol. The van der Waals surface area contributed by atoms with Crippen molar-refractivity contribution in [2.45, 2.75) is 39.2 Å². The Morgan fingerprint density at radius 2 is 1.95 bits per heavy atom. The van der Waals surface area contributed by atoms with E-state index in [-0.39, 0.29) is 18.0 Å². The van der Waals surface area contributed by atoms with E-state index in [2.05, 4.69) is 33.5 Å². The summed E-state index contributed by atoms with van der Waals surface area (Å²) in [5, 5.41) is 5.66. The number of esters is 1. The molecule has 1 aliphatic rings. The highest BCUT2D eigenvalue weighted by Gasteiger charge is 2.18. The number of nitrogens with one attached hydrogen (secondary N) is 1. The van der Waals surface area contributed by atoms with Gasteiger partial charge in [0.25, 0.3) is 5.56 Å². The van der Waals surface area contributed by atoms with E-state index >= 15 is 0 Å². The second-order valence-corrected chi connectivity index (χ2v) is 11.1. The summed E-state index contributed by atoms with van der Waals surface area (Å²) in [4.78, 5) is 47.9. The summed E-state index contributed by atoms with van der Waals surface area (Å²) in [6.45, 7) is 1.86. The standard InChI is InChI=1S/C28H24N4O4S2/c1-2-36-27(35)19-9-10-21-22(12-19)38-28(30-21)31-23(33)13-32-15-29-25-24(26(32)34)20(14-37-25)18-8-7-16-5-3-4-6-17(16)11-18/h7-12,14-15H,2-6,13H2,1H3,(H,30,31,33). The molecule has 3 aromatic heterocycles. The fraction of sp³-hybridized carbons (Fsp3) is 0.250. The highest BCUT2D eigenvalue weighted by atomic mass is 32.1. The number of rotatable bonds is 6. The molecular formula is C28H24N4O4S2. The van der Waals surface area contributed by atoms with Crippen LogP contribution in [0.4, 0.5) is 5.13 Å². The van der Waals surface area contributed by atoms with Gasteiger partial charge < -0.3 is 10.1 Å². The Bertz CT molecular complexity index is 1770. The van der Waals surface area contributed by atoms with Gasteiger partial charge >= 0.3 is 5.97 Å². The Morgan fingerprint density at radius 3 is 2.79 bits per heavy atom. The normalized spacial score (nSPS) is 13.0. The number of hydrogen-bond donors (Lipinski definition) is 1. The second kappa shape index (κ2) is 10.1. The van der Waals surface area contributed by atoms with Gasteiger partial charge in [0, 0.05) is 10.9 Å². The van der Waals surface area contributed by atoms with Crippen LogP contribution in [0.15, 0.2) is 52.9 Å². The molecule has 0 fully saturated rings. The number of anilines is 1. The molecule has 3 heterocycles. The molecule has 1 aliphatic carbocycles. The van der Waals surface area contributed by atoms with Crippen LogP contribution < -0.4 is 10.9 Å². The number of hydrogen-bond acceptors (Lipinski definition) is 8. The van der Waals surface area contributed by atoms with Gasteiger partial charge in [-0.25, -0.2) is 14.8 Å². The van der Waals surface area contributed by atoms with Gasteiger partial charge in [-0.05, 0) is 67.5 Å². The third-order valence-corrected chi connectivity index (χ3v) is 8.50. The number of fused-ring (bicyclic) bond motifs is 3. The van der Waals surface area contributed by atoms with Crippen molar-refractivity contribution in [3.05, 3.63) is 75.1 Å². The SMILES string of the molecule is CCOC(=O)c1ccc2nc(NC(=O)Cn3cnc4scc(-c5ccc6c(c5)CCCC6)c4c3=O)sc2c1. The second-order valence-electron chi connectivity index (χ2n) is 9.17. The summed E-state index contributed by atoms with van der Waals surface area (Å²) < 4.78 is 7.13. The van der Waals surface area contributed by atoms with Gasteiger partial charge in [-0.3, -0.25) is 14.2 Å². The number of carbonyl (C=O) groups is 2. The first-order chi connectivity index (χ1) is 18.5. The zero-order chi connectivity index (χ0) is 26.2. The van der Waals surface area contributed by atoms with Crippen molar-refractivity contribution in [1.29, 1.82) is 0 Å². The summed E-state index contributed by atoms with van der Waals surface area (Å²) in [5.41, 5.74) is 5.44. The summed E-state index contributed by atoms with van der Waals surface area (Å²) in [6, 6.07) is 11.5. The molecule has 0 aliphatic heterocycles. The third kappa shape index (κ3) is 4.61. The summed E-state index contributed by atoms with van der Waals surface area (Å²) >= 11 is 2.69. The Hall–Kier alpha value is -3.89. The average molecular weight is 545 g/mol. The molecule has 0 unspecified atom stereocenters. The van der Waals surface area contributed by atoms with Crippen molar-refractivity contribution >= 4 is 60.1 Å². The lowest BCUT2D eigenvalue weighted by Gasteiger charge is -2.16. The fourth-order valence-electron chi connectivity index (χ4n) is 4.83. The van der Waals surface area contributed by atoms with Crippen molar-refractivity contribution < 1.29 is 14.3 Å². The van der Waals surface area contributed by atoms with Gasteiger partial charge in [-0.1, -0.05) is 29.5 Å². The minimum atomic E-state index is -0.404. The van der Waals surface area contributed by atoms with Crippen LogP contribution in [0.3, 0.4) is 0 Å². The summed E-state index contributed by atoms with van der Waals surface area (Å²) in [6.07, 6.45) is 5.98. The molecule has 6 rings (SSSR count). The molecule has 1 amide bonds. The maximum absolute atomic E-state index is 13.4. The molecule has 38 heavy (non-hydrogen) atoms. The highest BCUT2D eigenvalue weighted by Crippen LogP contribution is 2.33. The number of aryl methyl sites for hydroxylation is 2. The van der Waals surface area contributed by atoms with E-state index in [1.165, 1.54) is 57.5 Å². The Balaban J connectivity index is 1.24. The van der Waals surface area contributed by atoms with E-state index in [0.717, 1.165) is 28.7 Å². The molecule has 0 bridgehead atoms. The van der Waals surface area contributed by atoms with E-state index in [4.69, 9.17) is 4.74 Å². The molecule has 0 spiro atoms. The lowest BCUT2D eigenvalue weighted by atomic mass is 9.89. The molecule has 5 aromatic rings. The zero-order valence-corrected chi connectivity index (χ0v) is 22.3. The van der Waals surface area contributed by atoms with E-state index in [1.807, 2.05) is 5.38 Å². The van der Waals surface area contributed by atoms with Crippen molar-refractivity contribution in [2.75, 3.05) is 11.9 Å². The number of aromatic nitrogens is 3. The molecule has 1 N–H and O–H groups in total. The number of thiazole rings is 1. The largest absolute Gasteiger partial charge is 0.462 e. The van der Waals surface area contributed by atoms with Crippen LogP contribution in [0.5, 0.6) is 0 Å². The van der Waals surface area contributed by atoms with E-state index < -0.39 is 5.97 Å². The number of thiophene rings is 1. The van der Waals surface area contributed by atoms with E-state index in [9.17, 15) is 14.4 Å². The smallest absolute Gasteiger partial charge is 0.338 e. The van der Waals surface area contributed by atoms with E-state index in [1.54, 1.807) is 25.1 Å². The Kier molecular flexibility index (Phi) is 6.50. The van der Waals surface area contributed by atoms with Gasteiger partial charge in [0.15, 0.2) is 5.13 Å². The number of nitrogens with zero attached hydrogens (tertiary/aromatic N) is 3. The number of benzene rings is 2. The van der Waals surface area contributed by atoms with Crippen LogP contribution in [-0.2, 0) is 28.9 Å². The van der Waals surface area contributed by atoms with Gasteiger partial charge in [-0.2, -0.15) is 0 Å². The van der Waals surface area contributed by atoms with Crippen LogP contribution in [0.2, 0.25) is 0 Å². The fourth-order valence-corrected chi connectivity index (χ4v) is 6.65. The molecule has 0 saturated heterocycles. The molecular weight excluding hydrogens is 520 g/mol. The van der Waals surface area contributed by atoms with Crippen LogP contribution in [0.1, 0.15) is 41.3 Å². The van der Waals surface area contributed by atoms with Crippen LogP contribution in [0.25, 0.3) is 31.6 Å². The maximum Gasteiger partial charge on any atom is 0.338 e. The first kappa shape index (κ1) is 24.4. The number of ether oxygens (including phenoxy) is 1. The van der Waals surface area contributed by atoms with Crippen molar-refractivity contribution in [1.82, 2.24) is 14.5 Å².